The maximum atomic E-state index is 14.0. The second kappa shape index (κ2) is 10.2. The molecule has 7 atom stereocenters. The molecular formula is C27H29BrN6O4S. The third-order valence-corrected chi connectivity index (χ3v) is 11.4. The molecule has 0 aliphatic carbocycles. The first-order valence-corrected chi connectivity index (χ1v) is 14.8. The van der Waals surface area contributed by atoms with E-state index in [0.717, 1.165) is 11.1 Å². The summed E-state index contributed by atoms with van der Waals surface area (Å²) in [6.07, 6.45) is 0.570. The monoisotopic (exact) mass is 612 g/mol. The molecule has 3 N–H and O–H groups in total. The van der Waals surface area contributed by atoms with Crippen LogP contribution in [0.5, 0.6) is 0 Å². The Kier molecular flexibility index (Phi) is 6.88. The third-order valence-electron chi connectivity index (χ3n) is 8.15. The summed E-state index contributed by atoms with van der Waals surface area (Å²) in [6, 6.07) is 15.7. The van der Waals surface area contributed by atoms with E-state index in [1.54, 1.807) is 23.4 Å². The lowest BCUT2D eigenvalue weighted by atomic mass is 9.70. The number of nitrogens with zero attached hydrogens (tertiary/aromatic N) is 4. The van der Waals surface area contributed by atoms with Gasteiger partial charge >= 0.3 is 0 Å². The van der Waals surface area contributed by atoms with Gasteiger partial charge in [0.2, 0.25) is 17.7 Å². The number of hydrogen-bond acceptors (Lipinski definition) is 7. The van der Waals surface area contributed by atoms with E-state index in [9.17, 15) is 19.5 Å². The van der Waals surface area contributed by atoms with Gasteiger partial charge in [-0.05, 0) is 31.0 Å². The van der Waals surface area contributed by atoms with Crippen molar-refractivity contribution in [3.8, 4) is 0 Å². The topological polar surface area (TPSA) is 129 Å². The highest BCUT2D eigenvalue weighted by Crippen LogP contribution is 2.67. The third kappa shape index (κ3) is 4.23. The zero-order valence-electron chi connectivity index (χ0n) is 21.2. The van der Waals surface area contributed by atoms with E-state index >= 15 is 0 Å². The maximum absolute atomic E-state index is 14.0. The average molecular weight is 614 g/mol. The molecule has 39 heavy (non-hydrogen) atoms. The predicted molar refractivity (Wildman–Crippen MR) is 150 cm³/mol. The predicted octanol–water partition coefficient (Wildman–Crippen LogP) is 1.67. The standard InChI is InChI=1S/C27H29BrN6O4S/c1-15(13-35)34-23(25(37)30-14-33-19-10-6-5-9-18(19)31-32-33)27-11-17(28)22(39-27)20(21(27)26(34)38)24(36)29-12-16-7-3-2-4-8-16/h2-10,15,17,20-23,35H,11-14H2,1H3,(H,29,36)(H,30,37)/t15-,17?,20+,21+,22+,23?,27?/m1/s1. The van der Waals surface area contributed by atoms with Crippen LogP contribution in [-0.2, 0) is 27.6 Å². The number of carbonyl (C=O) groups excluding carboxylic acids is 3. The molecule has 3 fully saturated rings. The van der Waals surface area contributed by atoms with E-state index in [4.69, 9.17) is 0 Å². The summed E-state index contributed by atoms with van der Waals surface area (Å²) in [5.74, 6) is -2.02. The summed E-state index contributed by atoms with van der Waals surface area (Å²) in [6.45, 7) is 1.89. The minimum atomic E-state index is -0.839. The first kappa shape index (κ1) is 26.3. The zero-order chi connectivity index (χ0) is 27.3. The number of carbonyl (C=O) groups is 3. The van der Waals surface area contributed by atoms with Crippen LogP contribution >= 0.6 is 27.7 Å². The number of alkyl halides is 1. The molecule has 0 saturated carbocycles. The fourth-order valence-electron chi connectivity index (χ4n) is 6.42. The van der Waals surface area contributed by atoms with Gasteiger partial charge in [-0.15, -0.1) is 16.9 Å². The molecule has 3 amide bonds. The molecule has 6 rings (SSSR count). The Labute approximate surface area is 238 Å². The molecule has 3 saturated heterocycles. The molecule has 0 radical (unpaired) electrons. The Morgan fingerprint density at radius 3 is 2.67 bits per heavy atom. The molecule has 2 aromatic carbocycles. The van der Waals surface area contributed by atoms with Crippen LogP contribution in [0.4, 0.5) is 0 Å². The summed E-state index contributed by atoms with van der Waals surface area (Å²) in [7, 11) is 0. The zero-order valence-corrected chi connectivity index (χ0v) is 23.6. The second-order valence-electron chi connectivity index (χ2n) is 10.4. The Bertz CT molecular complexity index is 1420. The largest absolute Gasteiger partial charge is 0.394 e. The van der Waals surface area contributed by atoms with Crippen LogP contribution in [0.25, 0.3) is 11.0 Å². The van der Waals surface area contributed by atoms with Gasteiger partial charge in [-0.2, -0.15) is 0 Å². The first-order chi connectivity index (χ1) is 18.9. The van der Waals surface area contributed by atoms with Gasteiger partial charge < -0.3 is 20.6 Å². The summed E-state index contributed by atoms with van der Waals surface area (Å²) in [5.41, 5.74) is 2.47. The van der Waals surface area contributed by atoms with Crippen LogP contribution in [0.15, 0.2) is 54.6 Å². The number of amides is 3. The molecule has 1 spiro atoms. The van der Waals surface area contributed by atoms with Gasteiger partial charge in [0.1, 0.15) is 18.2 Å². The summed E-state index contributed by atoms with van der Waals surface area (Å²) < 4.78 is 0.813. The number of aliphatic hydroxyl groups is 1. The lowest BCUT2D eigenvalue weighted by molar-refractivity contribution is -0.142. The molecule has 204 valence electrons. The summed E-state index contributed by atoms with van der Waals surface area (Å²) in [4.78, 5) is 42.9. The number of likely N-dealkylation sites (tertiary alicyclic amines) is 1. The van der Waals surface area contributed by atoms with Crippen molar-refractivity contribution in [1.82, 2.24) is 30.5 Å². The quantitative estimate of drug-likeness (QED) is 0.330. The number of aliphatic hydroxyl groups excluding tert-OH is 1. The Morgan fingerprint density at radius 1 is 1.15 bits per heavy atom. The van der Waals surface area contributed by atoms with Crippen molar-refractivity contribution in [2.45, 2.75) is 53.5 Å². The number of thioether (sulfide) groups is 1. The van der Waals surface area contributed by atoms with Gasteiger partial charge in [-0.1, -0.05) is 63.6 Å². The Morgan fingerprint density at radius 2 is 1.90 bits per heavy atom. The van der Waals surface area contributed by atoms with Gasteiger partial charge in [0.05, 0.1) is 34.7 Å². The number of halogens is 1. The molecule has 3 aliphatic rings. The SMILES string of the molecule is C[C@H](CO)N1C(=O)[C@@H]2[C@H](C(=O)NCc3ccccc3)[C@H]3SC2(CC3Br)C1C(=O)NCn1nnc2ccccc21. The number of fused-ring (bicyclic) bond motifs is 2. The number of aromatic nitrogens is 3. The number of rotatable bonds is 8. The minimum Gasteiger partial charge on any atom is -0.394 e. The second-order valence-corrected chi connectivity index (χ2v) is 13.1. The molecule has 2 bridgehead atoms. The number of para-hydroxylation sites is 1. The van der Waals surface area contributed by atoms with Crippen LogP contribution in [0.1, 0.15) is 18.9 Å². The molecule has 10 nitrogen and oxygen atoms in total. The van der Waals surface area contributed by atoms with Crippen LogP contribution in [0, 0.1) is 11.8 Å². The van der Waals surface area contributed by atoms with E-state index < -0.39 is 28.7 Å². The van der Waals surface area contributed by atoms with Crippen LogP contribution in [0.2, 0.25) is 0 Å². The van der Waals surface area contributed by atoms with E-state index in [1.807, 2.05) is 54.6 Å². The van der Waals surface area contributed by atoms with Crippen LogP contribution in [-0.4, -0.2) is 76.2 Å². The minimum absolute atomic E-state index is 0.0297. The van der Waals surface area contributed by atoms with E-state index in [1.165, 1.54) is 4.90 Å². The molecule has 4 heterocycles. The van der Waals surface area contributed by atoms with Gasteiger partial charge in [-0.3, -0.25) is 14.4 Å². The van der Waals surface area contributed by atoms with Crippen LogP contribution < -0.4 is 10.6 Å². The highest BCUT2D eigenvalue weighted by atomic mass is 79.9. The van der Waals surface area contributed by atoms with Crippen molar-refractivity contribution in [3.05, 3.63) is 60.2 Å². The van der Waals surface area contributed by atoms with Gasteiger partial charge in [0.25, 0.3) is 0 Å². The van der Waals surface area contributed by atoms with Crippen molar-refractivity contribution in [2.24, 2.45) is 11.8 Å². The van der Waals surface area contributed by atoms with Gasteiger partial charge in [0.15, 0.2) is 0 Å². The number of nitrogens with one attached hydrogen (secondary N) is 2. The van der Waals surface area contributed by atoms with Crippen molar-refractivity contribution < 1.29 is 19.5 Å². The first-order valence-electron chi connectivity index (χ1n) is 13.0. The maximum Gasteiger partial charge on any atom is 0.245 e. The van der Waals surface area contributed by atoms with Gasteiger partial charge in [-0.25, -0.2) is 4.68 Å². The average Bonchev–Trinajstić information content (AvgIpc) is 3.67. The summed E-state index contributed by atoms with van der Waals surface area (Å²) in [5, 5.41) is 24.2. The number of benzene rings is 2. The van der Waals surface area contributed by atoms with Crippen molar-refractivity contribution in [2.75, 3.05) is 6.61 Å². The summed E-state index contributed by atoms with van der Waals surface area (Å²) >= 11 is 5.33. The molecule has 12 heteroatoms. The van der Waals surface area contributed by atoms with Crippen LogP contribution in [0.3, 0.4) is 0 Å². The van der Waals surface area contributed by atoms with E-state index in [2.05, 4.69) is 36.9 Å². The lowest BCUT2D eigenvalue weighted by Gasteiger charge is -2.36. The van der Waals surface area contributed by atoms with Crippen molar-refractivity contribution in [3.63, 3.8) is 0 Å². The smallest absolute Gasteiger partial charge is 0.245 e. The molecule has 1 aromatic heterocycles. The molecule has 3 aliphatic heterocycles. The fraction of sp³-hybridized carbons (Fsp3) is 0.444. The highest BCUT2D eigenvalue weighted by Gasteiger charge is 2.75. The van der Waals surface area contributed by atoms with Crippen molar-refractivity contribution >= 4 is 56.4 Å². The lowest BCUT2D eigenvalue weighted by Crippen LogP contribution is -2.56. The molecule has 3 aromatic rings. The molecular weight excluding hydrogens is 584 g/mol. The van der Waals surface area contributed by atoms with Crippen molar-refractivity contribution in [1.29, 1.82) is 0 Å². The normalized spacial score (nSPS) is 30.0. The Balaban J connectivity index is 1.28. The van der Waals surface area contributed by atoms with E-state index in [0.29, 0.717) is 18.5 Å². The highest BCUT2D eigenvalue weighted by molar-refractivity contribution is 9.09. The number of hydrogen-bond donors (Lipinski definition) is 3. The molecule has 3 unspecified atom stereocenters. The van der Waals surface area contributed by atoms with Gasteiger partial charge in [0, 0.05) is 16.6 Å². The fourth-order valence-corrected chi connectivity index (χ4v) is 10.0. The Hall–Kier alpha value is -2.96. The van der Waals surface area contributed by atoms with E-state index in [-0.39, 0.29) is 41.1 Å².